The second kappa shape index (κ2) is 4.73. The van der Waals surface area contributed by atoms with Gasteiger partial charge in [0, 0.05) is 25.8 Å². The molecule has 0 aromatic carbocycles. The van der Waals surface area contributed by atoms with Gasteiger partial charge in [0.2, 0.25) is 0 Å². The molecule has 0 saturated heterocycles. The van der Waals surface area contributed by atoms with E-state index in [0.29, 0.717) is 11.4 Å². The Morgan fingerprint density at radius 3 is 2.50 bits per heavy atom. The number of hydrogen-bond acceptors (Lipinski definition) is 4. The van der Waals surface area contributed by atoms with Crippen molar-refractivity contribution in [3.8, 4) is 0 Å². The van der Waals surface area contributed by atoms with Crippen molar-refractivity contribution in [1.82, 2.24) is 9.78 Å². The van der Waals surface area contributed by atoms with E-state index in [9.17, 15) is 8.42 Å². The molecule has 1 heterocycles. The summed E-state index contributed by atoms with van der Waals surface area (Å²) < 4.78 is 23.8. The normalized spacial score (nSPS) is 14.1. The topological polar surface area (TPSA) is 78.0 Å². The summed E-state index contributed by atoms with van der Waals surface area (Å²) in [4.78, 5) is 0. The first-order chi connectivity index (χ1) is 7.20. The molecule has 0 aliphatic heterocycles. The van der Waals surface area contributed by atoms with Gasteiger partial charge in [-0.1, -0.05) is 11.6 Å². The van der Waals surface area contributed by atoms with E-state index in [2.05, 4.69) is 5.10 Å². The van der Waals surface area contributed by atoms with E-state index >= 15 is 0 Å². The molecule has 1 atom stereocenters. The highest BCUT2D eigenvalue weighted by Crippen LogP contribution is 2.20. The van der Waals surface area contributed by atoms with E-state index in [0.717, 1.165) is 11.4 Å². The van der Waals surface area contributed by atoms with Gasteiger partial charge in [-0.15, -0.1) is 0 Å². The van der Waals surface area contributed by atoms with Gasteiger partial charge >= 0.3 is 0 Å². The van der Waals surface area contributed by atoms with Gasteiger partial charge in [-0.3, -0.25) is 4.68 Å². The number of sulfone groups is 1. The van der Waals surface area contributed by atoms with E-state index in [4.69, 9.17) is 17.3 Å². The zero-order valence-electron chi connectivity index (χ0n) is 9.57. The lowest BCUT2D eigenvalue weighted by molar-refractivity contribution is 0.586. The maximum Gasteiger partial charge on any atom is 0.148 e. The molecule has 0 bridgehead atoms. The molecule has 0 saturated carbocycles. The quantitative estimate of drug-likeness (QED) is 0.849. The largest absolute Gasteiger partial charge is 0.326 e. The smallest absolute Gasteiger partial charge is 0.148 e. The molecule has 0 fully saturated rings. The molecule has 0 amide bonds. The maximum atomic E-state index is 11.1. The molecule has 7 heteroatoms. The molecule has 1 rings (SSSR count). The highest BCUT2D eigenvalue weighted by molar-refractivity contribution is 7.90. The summed E-state index contributed by atoms with van der Waals surface area (Å²) in [7, 11) is -1.29. The lowest BCUT2D eigenvalue weighted by Crippen LogP contribution is -2.32. The van der Waals surface area contributed by atoms with Gasteiger partial charge < -0.3 is 5.73 Å². The van der Waals surface area contributed by atoms with Gasteiger partial charge in [0.05, 0.1) is 22.2 Å². The minimum atomic E-state index is -3.06. The van der Waals surface area contributed by atoms with Gasteiger partial charge in [0.15, 0.2) is 0 Å². The van der Waals surface area contributed by atoms with Crippen LogP contribution in [0.4, 0.5) is 0 Å². The monoisotopic (exact) mass is 265 g/mol. The molecule has 5 nitrogen and oxygen atoms in total. The molecule has 0 aliphatic rings. The Bertz CT molecular complexity index is 481. The highest BCUT2D eigenvalue weighted by Gasteiger charge is 2.17. The van der Waals surface area contributed by atoms with E-state index in [1.54, 1.807) is 18.7 Å². The van der Waals surface area contributed by atoms with Crippen molar-refractivity contribution in [2.45, 2.75) is 19.4 Å². The van der Waals surface area contributed by atoms with Crippen LogP contribution in [0, 0.1) is 6.92 Å². The predicted octanol–water partition coefficient (Wildman–Crippen LogP) is 0.296. The van der Waals surface area contributed by atoms with Crippen LogP contribution in [0.1, 0.15) is 11.4 Å². The van der Waals surface area contributed by atoms with Gasteiger partial charge in [0.25, 0.3) is 0 Å². The average Bonchev–Trinajstić information content (AvgIpc) is 2.29. The van der Waals surface area contributed by atoms with Crippen molar-refractivity contribution < 1.29 is 8.42 Å². The zero-order valence-corrected chi connectivity index (χ0v) is 11.1. The van der Waals surface area contributed by atoms with Crippen molar-refractivity contribution >= 4 is 21.4 Å². The predicted molar refractivity (Wildman–Crippen MR) is 64.3 cm³/mol. The maximum absolute atomic E-state index is 11.1. The SMILES string of the molecule is Cc1nn(C)c(CC(N)CS(C)(=O)=O)c1Cl. The fourth-order valence-electron chi connectivity index (χ4n) is 1.60. The Morgan fingerprint density at radius 2 is 2.12 bits per heavy atom. The Morgan fingerprint density at radius 1 is 1.56 bits per heavy atom. The molecule has 2 N–H and O–H groups in total. The van der Waals surface area contributed by atoms with Crippen LogP contribution in [-0.2, 0) is 23.3 Å². The third kappa shape index (κ3) is 3.47. The molecule has 92 valence electrons. The van der Waals surface area contributed by atoms with Crippen LogP contribution in [0.15, 0.2) is 0 Å². The summed E-state index contributed by atoms with van der Waals surface area (Å²) in [5.74, 6) is -0.0481. The third-order valence-corrected chi connectivity index (χ3v) is 3.76. The van der Waals surface area contributed by atoms with Gasteiger partial charge in [-0.25, -0.2) is 8.42 Å². The van der Waals surface area contributed by atoms with E-state index in [1.807, 2.05) is 0 Å². The molecule has 16 heavy (non-hydrogen) atoms. The summed E-state index contributed by atoms with van der Waals surface area (Å²) in [5.41, 5.74) is 7.26. The molecule has 0 radical (unpaired) electrons. The van der Waals surface area contributed by atoms with E-state index < -0.39 is 15.9 Å². The van der Waals surface area contributed by atoms with Crippen LogP contribution in [-0.4, -0.2) is 36.2 Å². The van der Waals surface area contributed by atoms with Gasteiger partial charge in [-0.2, -0.15) is 5.10 Å². The van der Waals surface area contributed by atoms with Crippen LogP contribution in [0.3, 0.4) is 0 Å². The van der Waals surface area contributed by atoms with Crippen molar-refractivity contribution in [1.29, 1.82) is 0 Å². The van der Waals surface area contributed by atoms with Crippen LogP contribution >= 0.6 is 11.6 Å². The van der Waals surface area contributed by atoms with Gasteiger partial charge in [0.1, 0.15) is 9.84 Å². The minimum Gasteiger partial charge on any atom is -0.326 e. The van der Waals surface area contributed by atoms with Crippen molar-refractivity contribution in [3.05, 3.63) is 16.4 Å². The Labute approximate surface area is 100 Å². The van der Waals surface area contributed by atoms with Crippen molar-refractivity contribution in [3.63, 3.8) is 0 Å². The Balaban J connectivity index is 2.81. The number of rotatable bonds is 4. The number of nitrogens with zero attached hydrogens (tertiary/aromatic N) is 2. The lowest BCUT2D eigenvalue weighted by atomic mass is 10.2. The Hall–Kier alpha value is -0.590. The Kier molecular flexibility index (Phi) is 3.98. The van der Waals surface area contributed by atoms with Crippen molar-refractivity contribution in [2.75, 3.05) is 12.0 Å². The number of halogens is 1. The van der Waals surface area contributed by atoms with Crippen LogP contribution < -0.4 is 5.73 Å². The molecular weight excluding hydrogens is 250 g/mol. The standard InChI is InChI=1S/C9H16ClN3O2S/c1-6-9(10)8(13(2)12-6)4-7(11)5-16(3,14)15/h7H,4-5,11H2,1-3H3. The van der Waals surface area contributed by atoms with Gasteiger partial charge in [-0.05, 0) is 6.92 Å². The first kappa shape index (κ1) is 13.5. The fraction of sp³-hybridized carbons (Fsp3) is 0.667. The summed E-state index contributed by atoms with van der Waals surface area (Å²) in [6, 6.07) is -0.456. The molecular formula is C9H16ClN3O2S. The number of nitrogens with two attached hydrogens (primary N) is 1. The first-order valence-corrected chi connectivity index (χ1v) is 7.26. The fourth-order valence-corrected chi connectivity index (χ4v) is 2.73. The third-order valence-electron chi connectivity index (χ3n) is 2.23. The molecule has 1 aromatic rings. The molecule has 1 aromatic heterocycles. The first-order valence-electron chi connectivity index (χ1n) is 4.82. The molecule has 0 spiro atoms. The van der Waals surface area contributed by atoms with Crippen molar-refractivity contribution in [2.24, 2.45) is 12.8 Å². The second-order valence-corrected chi connectivity index (χ2v) is 6.59. The summed E-state index contributed by atoms with van der Waals surface area (Å²) in [5, 5.41) is 4.70. The summed E-state index contributed by atoms with van der Waals surface area (Å²) in [6.45, 7) is 1.80. The average molecular weight is 266 g/mol. The zero-order chi connectivity index (χ0) is 12.5. The summed E-state index contributed by atoms with van der Waals surface area (Å²) >= 11 is 6.04. The minimum absolute atomic E-state index is 0.0481. The van der Waals surface area contributed by atoms with Crippen LogP contribution in [0.2, 0.25) is 5.02 Å². The van der Waals surface area contributed by atoms with Crippen LogP contribution in [0.5, 0.6) is 0 Å². The second-order valence-electron chi connectivity index (χ2n) is 4.03. The number of aryl methyl sites for hydroxylation is 2. The van der Waals surface area contributed by atoms with Crippen LogP contribution in [0.25, 0.3) is 0 Å². The number of hydrogen-bond donors (Lipinski definition) is 1. The molecule has 0 aliphatic carbocycles. The van der Waals surface area contributed by atoms with E-state index in [1.165, 1.54) is 6.26 Å². The number of aromatic nitrogens is 2. The summed E-state index contributed by atoms with van der Waals surface area (Å²) in [6.07, 6.45) is 1.58. The lowest BCUT2D eigenvalue weighted by Gasteiger charge is -2.10. The van der Waals surface area contributed by atoms with E-state index in [-0.39, 0.29) is 5.75 Å². The highest BCUT2D eigenvalue weighted by atomic mass is 35.5. The molecule has 1 unspecified atom stereocenters.